The molecule has 4 aromatic rings. The Morgan fingerprint density at radius 2 is 1.97 bits per heavy atom. The van der Waals surface area contributed by atoms with Crippen LogP contribution in [0.2, 0.25) is 0 Å². The Kier molecular flexibility index (Phi) is 6.47. The summed E-state index contributed by atoms with van der Waals surface area (Å²) in [4.78, 5) is 20.8. The minimum Gasteiger partial charge on any atom is -0.454 e. The van der Waals surface area contributed by atoms with Crippen LogP contribution in [0.4, 0.5) is 4.79 Å². The average molecular weight is 463 g/mol. The molecule has 176 valence electrons. The van der Waals surface area contributed by atoms with E-state index in [1.54, 1.807) is 33.0 Å². The molecule has 0 saturated carbocycles. The maximum atomic E-state index is 11.9. The highest BCUT2D eigenvalue weighted by molar-refractivity contribution is 5.68. The van der Waals surface area contributed by atoms with E-state index in [1.165, 1.54) is 0 Å². The summed E-state index contributed by atoms with van der Waals surface area (Å²) in [6, 6.07) is 13.1. The van der Waals surface area contributed by atoms with E-state index in [4.69, 9.17) is 13.7 Å². The number of carbonyl (C=O) groups excluding carboxylic acids is 1. The van der Waals surface area contributed by atoms with Gasteiger partial charge in [-0.25, -0.2) is 4.79 Å². The molecule has 0 atom stereocenters. The molecule has 0 spiro atoms. The lowest BCUT2D eigenvalue weighted by Crippen LogP contribution is -2.32. The Hall–Kier alpha value is -3.98. The largest absolute Gasteiger partial charge is 0.454 e. The van der Waals surface area contributed by atoms with Crippen LogP contribution < -0.4 is 5.32 Å². The molecule has 0 aliphatic rings. The number of amides is 1. The molecule has 0 aliphatic carbocycles. The van der Waals surface area contributed by atoms with Gasteiger partial charge in [-0.3, -0.25) is 4.98 Å². The van der Waals surface area contributed by atoms with Gasteiger partial charge in [-0.05, 0) is 57.5 Å². The molecule has 0 saturated heterocycles. The van der Waals surface area contributed by atoms with Crippen molar-refractivity contribution in [3.8, 4) is 34.3 Å². The minimum absolute atomic E-state index is 0.0253. The quantitative estimate of drug-likeness (QED) is 0.415. The third kappa shape index (κ3) is 5.49. The second-order valence-corrected chi connectivity index (χ2v) is 8.79. The first-order valence-corrected chi connectivity index (χ1v) is 10.8. The molecule has 0 unspecified atom stereocenters. The lowest BCUT2D eigenvalue weighted by Gasteiger charge is -2.19. The van der Waals surface area contributed by atoms with Crippen molar-refractivity contribution in [3.05, 3.63) is 65.5 Å². The average Bonchev–Trinajstić information content (AvgIpc) is 3.43. The van der Waals surface area contributed by atoms with Crippen LogP contribution in [-0.4, -0.2) is 31.9 Å². The fourth-order valence-corrected chi connectivity index (χ4v) is 3.28. The number of aliphatic hydroxyl groups is 1. The lowest BCUT2D eigenvalue weighted by molar-refractivity contribution is 0.0520. The number of nitrogens with one attached hydrogen (secondary N) is 1. The number of hydrogen-bond acceptors (Lipinski definition) is 8. The zero-order valence-electron chi connectivity index (χ0n) is 19.5. The van der Waals surface area contributed by atoms with Crippen LogP contribution in [0.15, 0.2) is 57.6 Å². The maximum Gasteiger partial charge on any atom is 0.408 e. The number of aliphatic hydroxyl groups excluding tert-OH is 1. The highest BCUT2D eigenvalue weighted by atomic mass is 16.6. The van der Waals surface area contributed by atoms with Gasteiger partial charge in [0.15, 0.2) is 5.76 Å². The molecule has 0 aliphatic heterocycles. The summed E-state index contributed by atoms with van der Waals surface area (Å²) < 4.78 is 16.5. The lowest BCUT2D eigenvalue weighted by atomic mass is 10.1. The number of furan rings is 1. The highest BCUT2D eigenvalue weighted by Crippen LogP contribution is 2.28. The van der Waals surface area contributed by atoms with Crippen LogP contribution in [-0.2, 0) is 17.9 Å². The van der Waals surface area contributed by atoms with E-state index >= 15 is 0 Å². The van der Waals surface area contributed by atoms with Gasteiger partial charge in [0.25, 0.3) is 5.89 Å². The Bertz CT molecular complexity index is 1290. The predicted molar refractivity (Wildman–Crippen MR) is 124 cm³/mol. The second kappa shape index (κ2) is 9.48. The number of aromatic nitrogens is 3. The number of nitrogens with zero attached hydrogens (tertiary/aromatic N) is 3. The molecule has 34 heavy (non-hydrogen) atoms. The Balaban J connectivity index is 1.46. The zero-order valence-corrected chi connectivity index (χ0v) is 19.5. The van der Waals surface area contributed by atoms with Crippen LogP contribution in [0.25, 0.3) is 34.3 Å². The summed E-state index contributed by atoms with van der Waals surface area (Å²) >= 11 is 0. The third-order valence-corrected chi connectivity index (χ3v) is 4.82. The van der Waals surface area contributed by atoms with Crippen molar-refractivity contribution in [1.82, 2.24) is 20.4 Å². The molecule has 3 aromatic heterocycles. The van der Waals surface area contributed by atoms with Gasteiger partial charge < -0.3 is 24.1 Å². The van der Waals surface area contributed by atoms with E-state index in [-0.39, 0.29) is 19.0 Å². The van der Waals surface area contributed by atoms with Gasteiger partial charge in [-0.15, -0.1) is 0 Å². The van der Waals surface area contributed by atoms with Crippen LogP contribution in [0.3, 0.4) is 0 Å². The Labute approximate surface area is 196 Å². The van der Waals surface area contributed by atoms with E-state index < -0.39 is 11.7 Å². The van der Waals surface area contributed by atoms with Crippen molar-refractivity contribution < 1.29 is 23.6 Å². The molecular formula is C25H26N4O5. The topological polar surface area (TPSA) is 124 Å². The number of benzene rings is 1. The Morgan fingerprint density at radius 3 is 2.68 bits per heavy atom. The number of aryl methyl sites for hydroxylation is 1. The first-order valence-electron chi connectivity index (χ1n) is 10.8. The van der Waals surface area contributed by atoms with Gasteiger partial charge in [0.2, 0.25) is 5.82 Å². The molecule has 0 bridgehead atoms. The summed E-state index contributed by atoms with van der Waals surface area (Å²) in [6.07, 6.45) is 1.14. The molecule has 1 aromatic carbocycles. The van der Waals surface area contributed by atoms with Crippen molar-refractivity contribution >= 4 is 6.09 Å². The van der Waals surface area contributed by atoms with Crippen molar-refractivity contribution in [2.24, 2.45) is 0 Å². The molecule has 9 nitrogen and oxygen atoms in total. The van der Waals surface area contributed by atoms with Crippen molar-refractivity contribution in [2.45, 2.75) is 46.4 Å². The highest BCUT2D eigenvalue weighted by Gasteiger charge is 2.20. The van der Waals surface area contributed by atoms with Gasteiger partial charge in [0.05, 0.1) is 18.8 Å². The van der Waals surface area contributed by atoms with Crippen LogP contribution in [0, 0.1) is 6.92 Å². The fourth-order valence-electron chi connectivity index (χ4n) is 3.28. The number of rotatable bonds is 6. The molecule has 0 fully saturated rings. The Morgan fingerprint density at radius 1 is 1.15 bits per heavy atom. The van der Waals surface area contributed by atoms with Crippen molar-refractivity contribution in [3.63, 3.8) is 0 Å². The number of pyridine rings is 1. The van der Waals surface area contributed by atoms with Gasteiger partial charge in [0.1, 0.15) is 11.4 Å². The third-order valence-electron chi connectivity index (χ3n) is 4.82. The normalized spacial score (nSPS) is 11.4. The van der Waals surface area contributed by atoms with E-state index in [9.17, 15) is 9.90 Å². The zero-order chi connectivity index (χ0) is 24.3. The molecule has 4 rings (SSSR count). The number of hydrogen-bond donors (Lipinski definition) is 2. The first kappa shape index (κ1) is 23.2. The molecule has 9 heteroatoms. The maximum absolute atomic E-state index is 11.9. The SMILES string of the molecule is Cc1cc(CNC(=O)OC(C)(C)C)oc1-c1nc(-c2ccc(-c3cccc(CO)c3)nc2)no1. The predicted octanol–water partition coefficient (Wildman–Crippen LogP) is 4.88. The smallest absolute Gasteiger partial charge is 0.408 e. The van der Waals surface area contributed by atoms with Crippen LogP contribution in [0.1, 0.15) is 37.7 Å². The van der Waals surface area contributed by atoms with Crippen molar-refractivity contribution in [2.75, 3.05) is 0 Å². The van der Waals surface area contributed by atoms with E-state index in [0.717, 1.165) is 22.4 Å². The summed E-state index contributed by atoms with van der Waals surface area (Å²) in [7, 11) is 0. The monoisotopic (exact) mass is 462 g/mol. The standard InChI is InChI=1S/C25H26N4O5/c1-15-10-19(13-27-24(31)33-25(2,3)4)32-21(15)23-28-22(29-34-23)18-8-9-20(26-12-18)17-7-5-6-16(11-17)14-30/h5-12,30H,13-14H2,1-4H3,(H,27,31). The number of ether oxygens (including phenoxy) is 1. The van der Waals surface area contributed by atoms with Crippen LogP contribution >= 0.6 is 0 Å². The molecule has 2 N–H and O–H groups in total. The summed E-state index contributed by atoms with van der Waals surface area (Å²) in [5, 5.41) is 16.0. The molecule has 0 radical (unpaired) electrons. The van der Waals surface area contributed by atoms with Gasteiger partial charge >= 0.3 is 6.09 Å². The second-order valence-electron chi connectivity index (χ2n) is 8.79. The summed E-state index contributed by atoms with van der Waals surface area (Å²) in [5.74, 6) is 1.58. The number of carbonyl (C=O) groups is 1. The molecule has 1 amide bonds. The fraction of sp³-hybridized carbons (Fsp3) is 0.280. The first-order chi connectivity index (χ1) is 16.2. The summed E-state index contributed by atoms with van der Waals surface area (Å²) in [5.41, 5.74) is 3.41. The number of alkyl carbamates (subject to hydrolysis) is 1. The summed E-state index contributed by atoms with van der Waals surface area (Å²) in [6.45, 7) is 7.39. The van der Waals surface area contributed by atoms with E-state index in [0.29, 0.717) is 22.9 Å². The molecular weight excluding hydrogens is 436 g/mol. The van der Waals surface area contributed by atoms with E-state index in [2.05, 4.69) is 20.4 Å². The van der Waals surface area contributed by atoms with E-state index in [1.807, 2.05) is 43.3 Å². The molecule has 3 heterocycles. The van der Waals surface area contributed by atoms with Gasteiger partial charge in [0, 0.05) is 22.9 Å². The van der Waals surface area contributed by atoms with Gasteiger partial charge in [-0.2, -0.15) is 4.98 Å². The van der Waals surface area contributed by atoms with Crippen LogP contribution in [0.5, 0.6) is 0 Å². The van der Waals surface area contributed by atoms with Gasteiger partial charge in [-0.1, -0.05) is 23.4 Å². The van der Waals surface area contributed by atoms with Crippen molar-refractivity contribution in [1.29, 1.82) is 0 Å². The minimum atomic E-state index is -0.578.